The van der Waals surface area contributed by atoms with E-state index in [0.717, 1.165) is 67.4 Å². The lowest BCUT2D eigenvalue weighted by molar-refractivity contribution is 0.0368. The first-order valence-electron chi connectivity index (χ1n) is 12.2. The number of benzene rings is 2. The fourth-order valence-electron chi connectivity index (χ4n) is 5.12. The van der Waals surface area contributed by atoms with Crippen LogP contribution >= 0.6 is 0 Å². The molecule has 1 aliphatic carbocycles. The van der Waals surface area contributed by atoms with Crippen LogP contribution in [0.1, 0.15) is 61.0 Å². The minimum atomic E-state index is -0.237. The van der Waals surface area contributed by atoms with Crippen molar-refractivity contribution >= 4 is 11.5 Å². The fourth-order valence-corrected chi connectivity index (χ4v) is 5.12. The van der Waals surface area contributed by atoms with Crippen molar-refractivity contribution in [1.82, 2.24) is 9.80 Å². The molecule has 0 bridgehead atoms. The van der Waals surface area contributed by atoms with Gasteiger partial charge in [-0.15, -0.1) is 0 Å². The van der Waals surface area contributed by atoms with Gasteiger partial charge in [0.25, 0.3) is 5.91 Å². The first kappa shape index (κ1) is 21.3. The molecule has 0 N–H and O–H groups in total. The minimum absolute atomic E-state index is 0.0995. The van der Waals surface area contributed by atoms with E-state index in [9.17, 15) is 4.79 Å². The highest BCUT2D eigenvalue weighted by Gasteiger charge is 2.39. The van der Waals surface area contributed by atoms with Crippen LogP contribution in [0.5, 0.6) is 5.75 Å². The van der Waals surface area contributed by atoms with Gasteiger partial charge in [-0.1, -0.05) is 30.3 Å². The van der Waals surface area contributed by atoms with Gasteiger partial charge in [0.2, 0.25) is 0 Å². The molecule has 2 aromatic carbocycles. The Balaban J connectivity index is 1.42. The topological polar surface area (TPSA) is 32.8 Å². The molecular formula is C28H34N2O2. The van der Waals surface area contributed by atoms with Crippen LogP contribution in [0, 0.1) is 5.92 Å². The molecule has 2 aromatic rings. The molecule has 0 atom stereocenters. The third kappa shape index (κ3) is 4.21. The summed E-state index contributed by atoms with van der Waals surface area (Å²) in [5.74, 6) is 2.01. The van der Waals surface area contributed by atoms with Crippen LogP contribution in [0.25, 0.3) is 5.57 Å². The molecular weight excluding hydrogens is 396 g/mol. The largest absolute Gasteiger partial charge is 0.482 e. The molecule has 32 heavy (non-hydrogen) atoms. The number of carbonyl (C=O) groups excluding carboxylic acids is 1. The molecule has 1 amide bonds. The van der Waals surface area contributed by atoms with Crippen molar-refractivity contribution < 1.29 is 9.53 Å². The molecule has 0 unspecified atom stereocenters. The second kappa shape index (κ2) is 8.74. The zero-order valence-corrected chi connectivity index (χ0v) is 19.3. The monoisotopic (exact) mass is 430 g/mol. The average Bonchev–Trinajstić information content (AvgIpc) is 3.65. The summed E-state index contributed by atoms with van der Waals surface area (Å²) in [6, 6.07) is 16.5. The van der Waals surface area contributed by atoms with Crippen molar-refractivity contribution in [1.29, 1.82) is 0 Å². The van der Waals surface area contributed by atoms with Gasteiger partial charge in [0.1, 0.15) is 11.4 Å². The molecule has 3 aliphatic rings. The Bertz CT molecular complexity index is 994. The zero-order valence-electron chi connectivity index (χ0n) is 19.3. The van der Waals surface area contributed by atoms with E-state index < -0.39 is 0 Å². The summed E-state index contributed by atoms with van der Waals surface area (Å²) < 4.78 is 6.64. The van der Waals surface area contributed by atoms with Gasteiger partial charge in [0.15, 0.2) is 0 Å². The molecule has 4 nitrogen and oxygen atoms in total. The number of hydrogen-bond donors (Lipinski definition) is 0. The van der Waals surface area contributed by atoms with Gasteiger partial charge in [-0.05, 0) is 68.0 Å². The first-order chi connectivity index (χ1) is 15.6. The van der Waals surface area contributed by atoms with Crippen LogP contribution in [-0.2, 0) is 0 Å². The van der Waals surface area contributed by atoms with Crippen LogP contribution < -0.4 is 4.74 Å². The van der Waals surface area contributed by atoms with Crippen molar-refractivity contribution in [3.8, 4) is 5.75 Å². The van der Waals surface area contributed by atoms with Crippen molar-refractivity contribution in [3.63, 3.8) is 0 Å². The highest BCUT2D eigenvalue weighted by Crippen LogP contribution is 2.43. The summed E-state index contributed by atoms with van der Waals surface area (Å²) in [6.07, 6.45) is 7.22. The van der Waals surface area contributed by atoms with Gasteiger partial charge in [0, 0.05) is 56.7 Å². The number of piperidine rings is 1. The van der Waals surface area contributed by atoms with Gasteiger partial charge in [-0.25, -0.2) is 0 Å². The van der Waals surface area contributed by atoms with Gasteiger partial charge < -0.3 is 14.5 Å². The Morgan fingerprint density at radius 1 is 1.03 bits per heavy atom. The van der Waals surface area contributed by atoms with Crippen LogP contribution in [-0.4, -0.2) is 54.0 Å². The Labute approximate surface area is 191 Å². The van der Waals surface area contributed by atoms with E-state index in [4.69, 9.17) is 4.74 Å². The van der Waals surface area contributed by atoms with Gasteiger partial charge in [-0.3, -0.25) is 4.79 Å². The average molecular weight is 431 g/mol. The summed E-state index contributed by atoms with van der Waals surface area (Å²) in [5, 5.41) is 0. The van der Waals surface area contributed by atoms with E-state index in [-0.39, 0.29) is 11.5 Å². The van der Waals surface area contributed by atoms with E-state index in [1.165, 1.54) is 25.0 Å². The second-order valence-electron chi connectivity index (χ2n) is 9.52. The molecule has 1 saturated heterocycles. The standard InChI is InChI=1S/C28H34N2O2/c1-3-30(4-2)27(31)23-13-11-22(12-14-23)25-19-28(32-26-8-6-5-7-24(25)26)15-17-29(18-16-28)20-21-9-10-21/h5-8,11-14,19,21H,3-4,9-10,15-18,20H2,1-2H3. The molecule has 1 spiro atoms. The molecule has 0 radical (unpaired) electrons. The van der Waals surface area contributed by atoms with E-state index in [1.807, 2.05) is 30.9 Å². The number of ether oxygens (including phenoxy) is 1. The lowest BCUT2D eigenvalue weighted by Crippen LogP contribution is -2.48. The number of likely N-dealkylation sites (tertiary alicyclic amines) is 1. The summed E-state index contributed by atoms with van der Waals surface area (Å²) in [6.45, 7) is 8.95. The Morgan fingerprint density at radius 2 is 1.72 bits per heavy atom. The third-order valence-corrected chi connectivity index (χ3v) is 7.31. The zero-order chi connectivity index (χ0) is 22.1. The van der Waals surface area contributed by atoms with Crippen LogP contribution in [0.2, 0.25) is 0 Å². The van der Waals surface area contributed by atoms with Crippen molar-refractivity contribution in [2.24, 2.45) is 5.92 Å². The van der Waals surface area contributed by atoms with Crippen molar-refractivity contribution in [2.75, 3.05) is 32.7 Å². The highest BCUT2D eigenvalue weighted by molar-refractivity contribution is 5.95. The van der Waals surface area contributed by atoms with Crippen LogP contribution in [0.4, 0.5) is 0 Å². The van der Waals surface area contributed by atoms with Crippen LogP contribution in [0.15, 0.2) is 54.6 Å². The quantitative estimate of drug-likeness (QED) is 0.628. The molecule has 1 saturated carbocycles. The summed E-state index contributed by atoms with van der Waals surface area (Å²) >= 11 is 0. The lowest BCUT2D eigenvalue weighted by atomic mass is 9.82. The first-order valence-corrected chi connectivity index (χ1v) is 12.2. The third-order valence-electron chi connectivity index (χ3n) is 7.31. The minimum Gasteiger partial charge on any atom is -0.482 e. The number of amides is 1. The summed E-state index contributed by atoms with van der Waals surface area (Å²) in [5.41, 5.74) is 4.03. The number of fused-ring (bicyclic) bond motifs is 1. The van der Waals surface area contributed by atoms with E-state index >= 15 is 0 Å². The maximum atomic E-state index is 12.7. The van der Waals surface area contributed by atoms with Crippen LogP contribution in [0.3, 0.4) is 0 Å². The Kier molecular flexibility index (Phi) is 5.81. The number of rotatable bonds is 6. The number of nitrogens with zero attached hydrogens (tertiary/aromatic N) is 2. The SMILES string of the molecule is CCN(CC)C(=O)c1ccc(C2=CC3(CCN(CC4CC4)CC3)Oc3ccccc32)cc1. The molecule has 0 aromatic heterocycles. The maximum absolute atomic E-state index is 12.7. The van der Waals surface area contributed by atoms with Gasteiger partial charge >= 0.3 is 0 Å². The lowest BCUT2D eigenvalue weighted by Gasteiger charge is -2.43. The second-order valence-corrected chi connectivity index (χ2v) is 9.52. The summed E-state index contributed by atoms with van der Waals surface area (Å²) in [7, 11) is 0. The molecule has 2 fully saturated rings. The Morgan fingerprint density at radius 3 is 2.38 bits per heavy atom. The van der Waals surface area contributed by atoms with Gasteiger partial charge in [-0.2, -0.15) is 0 Å². The Hall–Kier alpha value is -2.59. The predicted molar refractivity (Wildman–Crippen MR) is 129 cm³/mol. The predicted octanol–water partition coefficient (Wildman–Crippen LogP) is 5.24. The number of hydrogen-bond acceptors (Lipinski definition) is 3. The highest BCUT2D eigenvalue weighted by atomic mass is 16.5. The number of para-hydroxylation sites is 1. The van der Waals surface area contributed by atoms with E-state index in [2.05, 4.69) is 47.4 Å². The maximum Gasteiger partial charge on any atom is 0.253 e. The molecule has 5 rings (SSSR count). The molecule has 2 heterocycles. The normalized spacial score (nSPS) is 19.8. The van der Waals surface area contributed by atoms with E-state index in [1.54, 1.807) is 0 Å². The fraction of sp³-hybridized carbons (Fsp3) is 0.464. The summed E-state index contributed by atoms with van der Waals surface area (Å²) in [4.78, 5) is 17.2. The smallest absolute Gasteiger partial charge is 0.253 e. The van der Waals surface area contributed by atoms with Gasteiger partial charge in [0.05, 0.1) is 0 Å². The number of carbonyl (C=O) groups is 1. The molecule has 168 valence electrons. The van der Waals surface area contributed by atoms with Crippen molar-refractivity contribution in [3.05, 3.63) is 71.3 Å². The molecule has 4 heteroatoms. The van der Waals surface area contributed by atoms with E-state index in [0.29, 0.717) is 0 Å². The van der Waals surface area contributed by atoms with Crippen molar-refractivity contribution in [2.45, 2.75) is 45.1 Å². The molecule has 2 aliphatic heterocycles.